The first-order valence-electron chi connectivity index (χ1n) is 7.65. The van der Waals surface area contributed by atoms with Crippen molar-refractivity contribution < 1.29 is 4.79 Å². The van der Waals surface area contributed by atoms with E-state index in [-0.39, 0.29) is 11.8 Å². The molecule has 3 rings (SSSR count). The molecular formula is C19H21NO. The Balaban J connectivity index is 1.66. The SMILES string of the molecule is O=C1C(Cc2ccccc2)CNCC1Cc1ccccc1. The highest BCUT2D eigenvalue weighted by Gasteiger charge is 2.30. The first-order chi connectivity index (χ1) is 10.3. The van der Waals surface area contributed by atoms with Crippen LogP contribution in [0.3, 0.4) is 0 Å². The zero-order valence-corrected chi connectivity index (χ0v) is 12.2. The summed E-state index contributed by atoms with van der Waals surface area (Å²) < 4.78 is 0. The third-order valence-corrected chi connectivity index (χ3v) is 4.24. The number of ketones is 1. The van der Waals surface area contributed by atoms with E-state index in [0.717, 1.165) is 25.9 Å². The Morgan fingerprint density at radius 2 is 1.19 bits per heavy atom. The van der Waals surface area contributed by atoms with Gasteiger partial charge in [-0.3, -0.25) is 4.79 Å². The average molecular weight is 279 g/mol. The quantitative estimate of drug-likeness (QED) is 0.932. The molecule has 0 saturated carbocycles. The van der Waals surface area contributed by atoms with E-state index in [1.165, 1.54) is 11.1 Å². The van der Waals surface area contributed by atoms with Crippen LogP contribution in [0.2, 0.25) is 0 Å². The first-order valence-corrected chi connectivity index (χ1v) is 7.65. The highest BCUT2D eigenvalue weighted by atomic mass is 16.1. The number of nitrogens with one attached hydrogen (secondary N) is 1. The molecular weight excluding hydrogens is 258 g/mol. The Morgan fingerprint density at radius 3 is 1.62 bits per heavy atom. The fourth-order valence-electron chi connectivity index (χ4n) is 3.11. The van der Waals surface area contributed by atoms with E-state index in [4.69, 9.17) is 0 Å². The molecule has 1 fully saturated rings. The van der Waals surface area contributed by atoms with Crippen LogP contribution >= 0.6 is 0 Å². The number of hydrogen-bond donors (Lipinski definition) is 1. The Morgan fingerprint density at radius 1 is 0.762 bits per heavy atom. The van der Waals surface area contributed by atoms with Crippen molar-refractivity contribution >= 4 is 5.78 Å². The Kier molecular flexibility index (Phi) is 4.46. The molecule has 2 heteroatoms. The summed E-state index contributed by atoms with van der Waals surface area (Å²) in [5, 5.41) is 3.44. The van der Waals surface area contributed by atoms with Gasteiger partial charge in [0.15, 0.2) is 0 Å². The normalized spacial score (nSPS) is 22.2. The van der Waals surface area contributed by atoms with Crippen LogP contribution in [0.1, 0.15) is 11.1 Å². The summed E-state index contributed by atoms with van der Waals surface area (Å²) >= 11 is 0. The molecule has 21 heavy (non-hydrogen) atoms. The molecule has 2 aromatic rings. The van der Waals surface area contributed by atoms with Crippen molar-refractivity contribution in [3.8, 4) is 0 Å². The van der Waals surface area contributed by atoms with Gasteiger partial charge in [-0.2, -0.15) is 0 Å². The Labute approximate surface area is 126 Å². The smallest absolute Gasteiger partial charge is 0.142 e. The van der Waals surface area contributed by atoms with Crippen LogP contribution in [0.5, 0.6) is 0 Å². The Hall–Kier alpha value is -1.93. The van der Waals surface area contributed by atoms with Crippen LogP contribution in [0.25, 0.3) is 0 Å². The molecule has 0 aliphatic carbocycles. The van der Waals surface area contributed by atoms with Crippen LogP contribution < -0.4 is 5.32 Å². The van der Waals surface area contributed by atoms with Gasteiger partial charge in [0.2, 0.25) is 0 Å². The third kappa shape index (κ3) is 3.59. The van der Waals surface area contributed by atoms with E-state index in [2.05, 4.69) is 29.6 Å². The maximum absolute atomic E-state index is 12.7. The number of rotatable bonds is 4. The summed E-state index contributed by atoms with van der Waals surface area (Å²) in [6.45, 7) is 1.61. The molecule has 0 bridgehead atoms. The summed E-state index contributed by atoms with van der Waals surface area (Å²) in [4.78, 5) is 12.7. The highest BCUT2D eigenvalue weighted by Crippen LogP contribution is 2.20. The van der Waals surface area contributed by atoms with Crippen LogP contribution in [0, 0.1) is 11.8 Å². The summed E-state index contributed by atoms with van der Waals surface area (Å²) in [6, 6.07) is 20.6. The topological polar surface area (TPSA) is 29.1 Å². The predicted molar refractivity (Wildman–Crippen MR) is 85.1 cm³/mol. The van der Waals surface area contributed by atoms with Crippen LogP contribution in [-0.2, 0) is 17.6 Å². The van der Waals surface area contributed by atoms with Crippen molar-refractivity contribution in [1.29, 1.82) is 0 Å². The lowest BCUT2D eigenvalue weighted by atomic mass is 9.82. The molecule has 2 atom stereocenters. The maximum Gasteiger partial charge on any atom is 0.142 e. The van der Waals surface area contributed by atoms with E-state index < -0.39 is 0 Å². The fourth-order valence-corrected chi connectivity index (χ4v) is 3.11. The van der Waals surface area contributed by atoms with Crippen molar-refractivity contribution in [2.75, 3.05) is 13.1 Å². The fraction of sp³-hybridized carbons (Fsp3) is 0.316. The zero-order chi connectivity index (χ0) is 14.5. The van der Waals surface area contributed by atoms with Crippen molar-refractivity contribution in [3.63, 3.8) is 0 Å². The van der Waals surface area contributed by atoms with Crippen molar-refractivity contribution in [2.45, 2.75) is 12.8 Å². The van der Waals surface area contributed by atoms with E-state index in [1.807, 2.05) is 36.4 Å². The van der Waals surface area contributed by atoms with Crippen molar-refractivity contribution in [1.82, 2.24) is 5.32 Å². The Bertz CT molecular complexity index is 528. The van der Waals surface area contributed by atoms with Crippen molar-refractivity contribution in [3.05, 3.63) is 71.8 Å². The molecule has 1 N–H and O–H groups in total. The summed E-state index contributed by atoms with van der Waals surface area (Å²) in [5.41, 5.74) is 2.50. The standard InChI is InChI=1S/C19H21NO/c21-19-17(11-15-7-3-1-4-8-15)13-20-14-18(19)12-16-9-5-2-6-10-16/h1-10,17-18,20H,11-14H2. The number of benzene rings is 2. The predicted octanol–water partition coefficient (Wildman–Crippen LogP) is 2.88. The van der Waals surface area contributed by atoms with Crippen LogP contribution in [0.4, 0.5) is 0 Å². The first kappa shape index (κ1) is 14.0. The molecule has 2 aromatic carbocycles. The van der Waals surface area contributed by atoms with Crippen molar-refractivity contribution in [2.24, 2.45) is 11.8 Å². The average Bonchev–Trinajstić information content (AvgIpc) is 2.53. The second-order valence-electron chi connectivity index (χ2n) is 5.83. The lowest BCUT2D eigenvalue weighted by molar-refractivity contribution is -0.128. The second-order valence-corrected chi connectivity index (χ2v) is 5.83. The second kappa shape index (κ2) is 6.68. The summed E-state index contributed by atoms with van der Waals surface area (Å²) in [6.07, 6.45) is 1.69. The minimum absolute atomic E-state index is 0.106. The molecule has 0 amide bonds. The van der Waals surface area contributed by atoms with E-state index >= 15 is 0 Å². The number of piperidine rings is 1. The monoisotopic (exact) mass is 279 g/mol. The van der Waals surface area contributed by atoms with E-state index in [9.17, 15) is 4.79 Å². The summed E-state index contributed by atoms with van der Waals surface area (Å²) in [7, 11) is 0. The van der Waals surface area contributed by atoms with Gasteiger partial charge in [-0.1, -0.05) is 60.7 Å². The number of carbonyl (C=O) groups is 1. The number of carbonyl (C=O) groups excluding carboxylic acids is 1. The minimum atomic E-state index is 0.106. The van der Waals surface area contributed by atoms with Gasteiger partial charge in [-0.15, -0.1) is 0 Å². The largest absolute Gasteiger partial charge is 0.315 e. The molecule has 0 radical (unpaired) electrons. The van der Waals surface area contributed by atoms with Gasteiger partial charge in [0.05, 0.1) is 0 Å². The minimum Gasteiger partial charge on any atom is -0.315 e. The van der Waals surface area contributed by atoms with Gasteiger partial charge in [-0.25, -0.2) is 0 Å². The van der Waals surface area contributed by atoms with Gasteiger partial charge < -0.3 is 5.32 Å². The third-order valence-electron chi connectivity index (χ3n) is 4.24. The van der Waals surface area contributed by atoms with Gasteiger partial charge in [0.1, 0.15) is 5.78 Å². The molecule has 108 valence electrons. The van der Waals surface area contributed by atoms with E-state index in [0.29, 0.717) is 5.78 Å². The van der Waals surface area contributed by atoms with Crippen LogP contribution in [0.15, 0.2) is 60.7 Å². The molecule has 1 heterocycles. The van der Waals surface area contributed by atoms with Gasteiger partial charge in [0, 0.05) is 24.9 Å². The number of hydrogen-bond acceptors (Lipinski definition) is 2. The van der Waals surface area contributed by atoms with Gasteiger partial charge in [-0.05, 0) is 24.0 Å². The molecule has 2 nitrogen and oxygen atoms in total. The lowest BCUT2D eigenvalue weighted by Crippen LogP contribution is -2.45. The molecule has 0 spiro atoms. The molecule has 1 saturated heterocycles. The molecule has 1 aliphatic rings. The maximum atomic E-state index is 12.7. The van der Waals surface area contributed by atoms with E-state index in [1.54, 1.807) is 0 Å². The zero-order valence-electron chi connectivity index (χ0n) is 12.2. The molecule has 0 aromatic heterocycles. The van der Waals surface area contributed by atoms with Crippen LogP contribution in [-0.4, -0.2) is 18.9 Å². The van der Waals surface area contributed by atoms with Gasteiger partial charge in [0.25, 0.3) is 0 Å². The lowest BCUT2D eigenvalue weighted by Gasteiger charge is -2.29. The number of Topliss-reactive ketones (excluding diaryl/α,β-unsaturated/α-hetero) is 1. The molecule has 2 unspecified atom stereocenters. The summed E-state index contributed by atoms with van der Waals surface area (Å²) in [5.74, 6) is 0.631. The van der Waals surface area contributed by atoms with Gasteiger partial charge >= 0.3 is 0 Å². The highest BCUT2D eigenvalue weighted by molar-refractivity contribution is 5.85. The molecule has 1 aliphatic heterocycles.